The van der Waals surface area contributed by atoms with Gasteiger partial charge in [0.05, 0.1) is 23.6 Å². The van der Waals surface area contributed by atoms with Crippen LogP contribution in [0.2, 0.25) is 0 Å². The Morgan fingerprint density at radius 2 is 2.17 bits per heavy atom. The number of carbonyl (C=O) groups excluding carboxylic acids is 2. The maximum atomic E-state index is 13.1. The Balaban J connectivity index is 1.36. The standard InChI is InChI=1S/C22H28N4O3/c1-15-17(8-9-18(25-15)20-7-4-12-29-20)22(28)26-11-3-5-16(14-26)13-24-21(27)19-6-2-10-23-19/h4,7-9,12,16,19,23H,2-3,5-6,10-11,13-14H2,1H3,(H,24,27). The summed E-state index contributed by atoms with van der Waals surface area (Å²) in [5, 5.41) is 6.29. The molecule has 0 saturated carbocycles. The minimum absolute atomic E-state index is 0.00878. The molecule has 0 radical (unpaired) electrons. The molecule has 2 saturated heterocycles. The summed E-state index contributed by atoms with van der Waals surface area (Å²) in [5.41, 5.74) is 2.05. The number of furan rings is 1. The number of rotatable bonds is 5. The lowest BCUT2D eigenvalue weighted by Gasteiger charge is -2.33. The Kier molecular flexibility index (Phi) is 5.94. The van der Waals surface area contributed by atoms with Crippen molar-refractivity contribution >= 4 is 11.8 Å². The molecule has 0 aliphatic carbocycles. The summed E-state index contributed by atoms with van der Waals surface area (Å²) >= 11 is 0. The van der Waals surface area contributed by atoms with Gasteiger partial charge >= 0.3 is 0 Å². The van der Waals surface area contributed by atoms with E-state index in [9.17, 15) is 9.59 Å². The fourth-order valence-electron chi connectivity index (χ4n) is 4.21. The van der Waals surface area contributed by atoms with Crippen molar-refractivity contribution in [3.63, 3.8) is 0 Å². The summed E-state index contributed by atoms with van der Waals surface area (Å²) in [4.78, 5) is 31.7. The molecule has 4 heterocycles. The van der Waals surface area contributed by atoms with Crippen molar-refractivity contribution in [3.05, 3.63) is 41.8 Å². The number of amides is 2. The Labute approximate surface area is 170 Å². The zero-order valence-corrected chi connectivity index (χ0v) is 16.8. The van der Waals surface area contributed by atoms with Gasteiger partial charge in [-0.05, 0) is 69.3 Å². The van der Waals surface area contributed by atoms with Gasteiger partial charge in [0, 0.05) is 19.6 Å². The largest absolute Gasteiger partial charge is 0.463 e. The molecular weight excluding hydrogens is 368 g/mol. The van der Waals surface area contributed by atoms with Gasteiger partial charge in [0.25, 0.3) is 5.91 Å². The lowest BCUT2D eigenvalue weighted by atomic mass is 9.97. The molecule has 2 unspecified atom stereocenters. The summed E-state index contributed by atoms with van der Waals surface area (Å²) < 4.78 is 5.39. The van der Waals surface area contributed by atoms with E-state index >= 15 is 0 Å². The predicted octanol–water partition coefficient (Wildman–Crippen LogP) is 2.37. The highest BCUT2D eigenvalue weighted by molar-refractivity contribution is 5.95. The molecule has 2 amide bonds. The minimum Gasteiger partial charge on any atom is -0.463 e. The SMILES string of the molecule is Cc1nc(-c2ccco2)ccc1C(=O)N1CCCC(CNC(=O)C2CCCN2)C1. The van der Waals surface area contributed by atoms with Crippen LogP contribution < -0.4 is 10.6 Å². The van der Waals surface area contributed by atoms with Crippen molar-refractivity contribution in [3.8, 4) is 11.5 Å². The summed E-state index contributed by atoms with van der Waals surface area (Å²) in [7, 11) is 0. The molecule has 2 atom stereocenters. The van der Waals surface area contributed by atoms with Gasteiger partial charge in [-0.2, -0.15) is 0 Å². The van der Waals surface area contributed by atoms with Gasteiger partial charge in [0.15, 0.2) is 5.76 Å². The second-order valence-electron chi connectivity index (χ2n) is 7.96. The number of likely N-dealkylation sites (tertiary alicyclic amines) is 1. The van der Waals surface area contributed by atoms with E-state index in [1.54, 1.807) is 6.26 Å². The van der Waals surface area contributed by atoms with Crippen LogP contribution in [0.4, 0.5) is 0 Å². The molecule has 2 aliphatic rings. The molecule has 0 spiro atoms. The van der Waals surface area contributed by atoms with Crippen LogP contribution in [0, 0.1) is 12.8 Å². The maximum Gasteiger partial charge on any atom is 0.255 e. The molecule has 2 N–H and O–H groups in total. The van der Waals surface area contributed by atoms with Crippen molar-refractivity contribution in [1.29, 1.82) is 0 Å². The molecule has 0 bridgehead atoms. The fourth-order valence-corrected chi connectivity index (χ4v) is 4.21. The van der Waals surface area contributed by atoms with Crippen LogP contribution in [0.3, 0.4) is 0 Å². The first-order valence-electron chi connectivity index (χ1n) is 10.4. The van der Waals surface area contributed by atoms with E-state index in [1.807, 2.05) is 36.1 Å². The normalized spacial score (nSPS) is 21.9. The van der Waals surface area contributed by atoms with Gasteiger partial charge in [-0.15, -0.1) is 0 Å². The molecule has 2 aromatic rings. The quantitative estimate of drug-likeness (QED) is 0.810. The van der Waals surface area contributed by atoms with E-state index in [0.717, 1.165) is 44.5 Å². The first kappa shape index (κ1) is 19.6. The van der Waals surface area contributed by atoms with Crippen LogP contribution in [0.1, 0.15) is 41.7 Å². The highest BCUT2D eigenvalue weighted by Gasteiger charge is 2.27. The summed E-state index contributed by atoms with van der Waals surface area (Å²) in [6.07, 6.45) is 5.54. The molecule has 7 heteroatoms. The zero-order valence-electron chi connectivity index (χ0n) is 16.8. The Bertz CT molecular complexity index is 859. The van der Waals surface area contributed by atoms with Gasteiger partial charge in [-0.25, -0.2) is 4.98 Å². The van der Waals surface area contributed by atoms with Crippen LogP contribution in [-0.4, -0.2) is 53.9 Å². The van der Waals surface area contributed by atoms with E-state index in [1.165, 1.54) is 0 Å². The number of piperidine rings is 1. The third-order valence-electron chi connectivity index (χ3n) is 5.84. The predicted molar refractivity (Wildman–Crippen MR) is 109 cm³/mol. The van der Waals surface area contributed by atoms with Crippen molar-refractivity contribution < 1.29 is 14.0 Å². The minimum atomic E-state index is -0.0577. The van der Waals surface area contributed by atoms with Crippen LogP contribution in [0.15, 0.2) is 34.9 Å². The molecular formula is C22H28N4O3. The average Bonchev–Trinajstić information content (AvgIpc) is 3.46. The molecule has 4 rings (SSSR count). The van der Waals surface area contributed by atoms with Crippen molar-refractivity contribution in [2.75, 3.05) is 26.2 Å². The van der Waals surface area contributed by atoms with E-state index in [2.05, 4.69) is 15.6 Å². The van der Waals surface area contributed by atoms with Gasteiger partial charge < -0.3 is 20.0 Å². The van der Waals surface area contributed by atoms with Gasteiger partial charge in [0.2, 0.25) is 5.91 Å². The van der Waals surface area contributed by atoms with E-state index in [0.29, 0.717) is 30.1 Å². The number of aromatic nitrogens is 1. The molecule has 7 nitrogen and oxygen atoms in total. The lowest BCUT2D eigenvalue weighted by Crippen LogP contribution is -2.46. The third kappa shape index (κ3) is 4.50. The molecule has 2 aromatic heterocycles. The van der Waals surface area contributed by atoms with E-state index in [4.69, 9.17) is 4.42 Å². The number of hydrogen-bond donors (Lipinski definition) is 2. The first-order valence-corrected chi connectivity index (χ1v) is 10.4. The number of nitrogens with zero attached hydrogens (tertiary/aromatic N) is 2. The summed E-state index contributed by atoms with van der Waals surface area (Å²) in [6, 6.07) is 7.28. The second-order valence-corrected chi connectivity index (χ2v) is 7.96. The number of carbonyl (C=O) groups is 2. The van der Waals surface area contributed by atoms with E-state index < -0.39 is 0 Å². The molecule has 0 aromatic carbocycles. The van der Waals surface area contributed by atoms with E-state index in [-0.39, 0.29) is 23.8 Å². The molecule has 2 aliphatic heterocycles. The highest BCUT2D eigenvalue weighted by Crippen LogP contribution is 2.22. The van der Waals surface area contributed by atoms with Crippen LogP contribution in [-0.2, 0) is 4.79 Å². The topological polar surface area (TPSA) is 87.5 Å². The summed E-state index contributed by atoms with van der Waals surface area (Å²) in [6.45, 7) is 4.80. The zero-order chi connectivity index (χ0) is 20.2. The second kappa shape index (κ2) is 8.78. The van der Waals surface area contributed by atoms with Gasteiger partial charge in [-0.3, -0.25) is 9.59 Å². The highest BCUT2D eigenvalue weighted by atomic mass is 16.3. The number of nitrogens with one attached hydrogen (secondary N) is 2. The molecule has 29 heavy (non-hydrogen) atoms. The third-order valence-corrected chi connectivity index (χ3v) is 5.84. The molecule has 154 valence electrons. The van der Waals surface area contributed by atoms with Crippen molar-refractivity contribution in [1.82, 2.24) is 20.5 Å². The lowest BCUT2D eigenvalue weighted by molar-refractivity contribution is -0.123. The Morgan fingerprint density at radius 3 is 2.90 bits per heavy atom. The van der Waals surface area contributed by atoms with Gasteiger partial charge in [-0.1, -0.05) is 0 Å². The smallest absolute Gasteiger partial charge is 0.255 e. The van der Waals surface area contributed by atoms with Crippen LogP contribution >= 0.6 is 0 Å². The maximum absolute atomic E-state index is 13.1. The van der Waals surface area contributed by atoms with Crippen molar-refractivity contribution in [2.24, 2.45) is 5.92 Å². The Hall–Kier alpha value is -2.67. The average molecular weight is 396 g/mol. The summed E-state index contributed by atoms with van der Waals surface area (Å²) in [5.74, 6) is 1.07. The van der Waals surface area contributed by atoms with Crippen LogP contribution in [0.5, 0.6) is 0 Å². The fraction of sp³-hybridized carbons (Fsp3) is 0.500. The first-order chi connectivity index (χ1) is 14.1. The van der Waals surface area contributed by atoms with Gasteiger partial charge in [0.1, 0.15) is 5.69 Å². The number of pyridine rings is 1. The van der Waals surface area contributed by atoms with Crippen LogP contribution in [0.25, 0.3) is 11.5 Å². The number of aryl methyl sites for hydroxylation is 1. The molecule has 2 fully saturated rings. The van der Waals surface area contributed by atoms with Crippen molar-refractivity contribution in [2.45, 2.75) is 38.6 Å². The number of hydrogen-bond acceptors (Lipinski definition) is 5. The monoisotopic (exact) mass is 396 g/mol. The Morgan fingerprint density at radius 1 is 1.28 bits per heavy atom.